The topological polar surface area (TPSA) is 49.1 Å². The summed E-state index contributed by atoms with van der Waals surface area (Å²) in [7, 11) is 0. The molecule has 0 amide bonds. The molecule has 0 saturated heterocycles. The zero-order valence-electron chi connectivity index (χ0n) is 11.6. The number of nitrogens with one attached hydrogen (secondary N) is 1. The molecule has 2 aromatic heterocycles. The van der Waals surface area contributed by atoms with Gasteiger partial charge in [-0.2, -0.15) is 13.2 Å². The van der Waals surface area contributed by atoms with E-state index in [9.17, 15) is 13.2 Å². The van der Waals surface area contributed by atoms with Gasteiger partial charge in [0.1, 0.15) is 5.71 Å². The summed E-state index contributed by atoms with van der Waals surface area (Å²) < 4.78 is 37.4. The highest BCUT2D eigenvalue weighted by Gasteiger charge is 2.33. The second-order valence-corrected chi connectivity index (χ2v) is 5.38. The third-order valence-corrected chi connectivity index (χ3v) is 3.97. The standard InChI is InChI=1S/C15H12F3N3S/c1-9-4-6-22-14(9)10-3-5-21-12(7-10)11(20-2)8-13(19)15(16,17)18/h3-8,19H,2H2,1H3/b11-8-,19-13?. The second-order valence-electron chi connectivity index (χ2n) is 4.46. The van der Waals surface area contributed by atoms with Gasteiger partial charge < -0.3 is 0 Å². The van der Waals surface area contributed by atoms with Crippen LogP contribution in [-0.2, 0) is 0 Å². The maximum absolute atomic E-state index is 12.5. The first-order valence-corrected chi connectivity index (χ1v) is 7.06. The molecule has 0 aliphatic rings. The Bertz CT molecular complexity index is 744. The molecule has 2 aromatic rings. The van der Waals surface area contributed by atoms with Crippen LogP contribution in [0.25, 0.3) is 16.1 Å². The van der Waals surface area contributed by atoms with E-state index in [1.165, 1.54) is 17.5 Å². The van der Waals surface area contributed by atoms with Crippen molar-refractivity contribution in [1.29, 1.82) is 5.41 Å². The Morgan fingerprint density at radius 2 is 2.14 bits per heavy atom. The van der Waals surface area contributed by atoms with Gasteiger partial charge in [0, 0.05) is 11.1 Å². The largest absolute Gasteiger partial charge is 0.432 e. The van der Waals surface area contributed by atoms with Crippen LogP contribution in [0.4, 0.5) is 13.2 Å². The first-order chi connectivity index (χ1) is 10.3. The number of alkyl halides is 3. The lowest BCUT2D eigenvalue weighted by Gasteiger charge is -2.07. The first-order valence-electron chi connectivity index (χ1n) is 6.18. The van der Waals surface area contributed by atoms with E-state index in [1.807, 2.05) is 18.4 Å². The highest BCUT2D eigenvalue weighted by atomic mass is 32.1. The Morgan fingerprint density at radius 3 is 2.68 bits per heavy atom. The fraction of sp³-hybridized carbons (Fsp3) is 0.133. The molecule has 3 nitrogen and oxygen atoms in total. The number of allylic oxidation sites excluding steroid dienone is 1. The number of hydrogen-bond acceptors (Lipinski definition) is 4. The van der Waals surface area contributed by atoms with E-state index in [4.69, 9.17) is 5.41 Å². The van der Waals surface area contributed by atoms with E-state index < -0.39 is 11.9 Å². The Morgan fingerprint density at radius 1 is 1.41 bits per heavy atom. The Hall–Kier alpha value is -2.28. The van der Waals surface area contributed by atoms with Crippen molar-refractivity contribution < 1.29 is 13.2 Å². The normalized spacial score (nSPS) is 12.3. The lowest BCUT2D eigenvalue weighted by Crippen LogP contribution is -2.19. The predicted molar refractivity (Wildman–Crippen MR) is 83.6 cm³/mol. The number of aliphatic imine (C=N–C) groups is 1. The van der Waals surface area contributed by atoms with Gasteiger partial charge in [-0.25, -0.2) is 0 Å². The molecule has 0 bridgehead atoms. The van der Waals surface area contributed by atoms with Crippen molar-refractivity contribution >= 4 is 29.5 Å². The molecule has 0 aromatic carbocycles. The van der Waals surface area contributed by atoms with Crippen LogP contribution in [0, 0.1) is 12.3 Å². The molecule has 2 rings (SSSR count). The lowest BCUT2D eigenvalue weighted by molar-refractivity contribution is -0.0583. The van der Waals surface area contributed by atoms with Gasteiger partial charge in [-0.05, 0) is 54.4 Å². The summed E-state index contributed by atoms with van der Waals surface area (Å²) >= 11 is 1.53. The van der Waals surface area contributed by atoms with Crippen molar-refractivity contribution in [2.24, 2.45) is 4.99 Å². The molecule has 114 valence electrons. The molecular weight excluding hydrogens is 311 g/mol. The van der Waals surface area contributed by atoms with Crippen LogP contribution in [0.3, 0.4) is 0 Å². The van der Waals surface area contributed by atoms with Crippen LogP contribution >= 0.6 is 11.3 Å². The van der Waals surface area contributed by atoms with Gasteiger partial charge in [-0.3, -0.25) is 15.4 Å². The van der Waals surface area contributed by atoms with Crippen LogP contribution in [0.2, 0.25) is 0 Å². The van der Waals surface area contributed by atoms with Crippen molar-refractivity contribution in [3.8, 4) is 10.4 Å². The molecule has 0 spiro atoms. The maximum atomic E-state index is 12.5. The minimum absolute atomic E-state index is 0.0848. The summed E-state index contributed by atoms with van der Waals surface area (Å²) in [4.78, 5) is 8.60. The molecular formula is C15H12F3N3S. The molecule has 0 saturated carbocycles. The van der Waals surface area contributed by atoms with Gasteiger partial charge in [0.15, 0.2) is 0 Å². The van der Waals surface area contributed by atoms with E-state index in [1.54, 1.807) is 12.1 Å². The number of aromatic nitrogens is 1. The minimum atomic E-state index is -4.72. The molecule has 0 atom stereocenters. The fourth-order valence-electron chi connectivity index (χ4n) is 1.80. The number of nitrogens with zero attached hydrogens (tertiary/aromatic N) is 2. The van der Waals surface area contributed by atoms with E-state index in [-0.39, 0.29) is 11.4 Å². The van der Waals surface area contributed by atoms with E-state index in [0.717, 1.165) is 16.0 Å². The molecule has 0 unspecified atom stereocenters. The first kappa shape index (κ1) is 16.1. The van der Waals surface area contributed by atoms with Crippen LogP contribution in [0.1, 0.15) is 11.3 Å². The molecule has 2 heterocycles. The summed E-state index contributed by atoms with van der Waals surface area (Å²) in [6.45, 7) is 5.21. The number of thiophene rings is 1. The highest BCUT2D eigenvalue weighted by molar-refractivity contribution is 7.13. The zero-order chi connectivity index (χ0) is 16.3. The average Bonchev–Trinajstić information content (AvgIpc) is 2.89. The number of halogens is 3. The van der Waals surface area contributed by atoms with Gasteiger partial charge >= 0.3 is 6.18 Å². The van der Waals surface area contributed by atoms with Gasteiger partial charge in [0.05, 0.1) is 11.4 Å². The van der Waals surface area contributed by atoms with Crippen molar-refractivity contribution in [2.45, 2.75) is 13.1 Å². The van der Waals surface area contributed by atoms with Crippen LogP contribution < -0.4 is 0 Å². The monoisotopic (exact) mass is 323 g/mol. The van der Waals surface area contributed by atoms with Gasteiger partial charge in [0.2, 0.25) is 0 Å². The summed E-state index contributed by atoms with van der Waals surface area (Å²) in [5.74, 6) is 0. The van der Waals surface area contributed by atoms with E-state index in [2.05, 4.69) is 16.7 Å². The number of hydrogen-bond donors (Lipinski definition) is 1. The fourth-order valence-corrected chi connectivity index (χ4v) is 2.72. The Labute approximate surface area is 129 Å². The highest BCUT2D eigenvalue weighted by Crippen LogP contribution is 2.30. The quantitative estimate of drug-likeness (QED) is 0.812. The number of pyridine rings is 1. The summed E-state index contributed by atoms with van der Waals surface area (Å²) in [5, 5.41) is 8.97. The van der Waals surface area contributed by atoms with E-state index in [0.29, 0.717) is 6.08 Å². The van der Waals surface area contributed by atoms with Crippen molar-refractivity contribution in [1.82, 2.24) is 4.98 Å². The van der Waals surface area contributed by atoms with Gasteiger partial charge in [-0.1, -0.05) is 0 Å². The third kappa shape index (κ3) is 3.48. The molecule has 0 radical (unpaired) electrons. The van der Waals surface area contributed by atoms with Crippen LogP contribution in [-0.4, -0.2) is 23.6 Å². The molecule has 0 aliphatic carbocycles. The Balaban J connectivity index is 2.44. The molecule has 0 aliphatic heterocycles. The van der Waals surface area contributed by atoms with Crippen LogP contribution in [0.5, 0.6) is 0 Å². The summed E-state index contributed by atoms with van der Waals surface area (Å²) in [5.41, 5.74) is 0.579. The molecule has 7 heteroatoms. The van der Waals surface area contributed by atoms with Crippen LogP contribution in [0.15, 0.2) is 40.8 Å². The molecule has 1 N–H and O–H groups in total. The summed E-state index contributed by atoms with van der Waals surface area (Å²) in [6.07, 6.45) is -2.60. The number of aryl methyl sites for hydroxylation is 1. The SMILES string of the molecule is C=N/C(=C\C(=N)C(F)(F)F)c1cc(-c2sccc2C)ccn1. The minimum Gasteiger partial charge on any atom is -0.296 e. The molecule has 22 heavy (non-hydrogen) atoms. The second kappa shape index (κ2) is 6.23. The van der Waals surface area contributed by atoms with Crippen molar-refractivity contribution in [2.75, 3.05) is 0 Å². The van der Waals surface area contributed by atoms with Gasteiger partial charge in [-0.15, -0.1) is 11.3 Å². The smallest absolute Gasteiger partial charge is 0.296 e. The lowest BCUT2D eigenvalue weighted by atomic mass is 10.1. The molecule has 0 fully saturated rings. The number of rotatable bonds is 4. The average molecular weight is 323 g/mol. The zero-order valence-corrected chi connectivity index (χ0v) is 12.4. The third-order valence-electron chi connectivity index (χ3n) is 2.90. The predicted octanol–water partition coefficient (Wildman–Crippen LogP) is 4.74. The van der Waals surface area contributed by atoms with Gasteiger partial charge in [0.25, 0.3) is 0 Å². The van der Waals surface area contributed by atoms with Crippen molar-refractivity contribution in [3.05, 3.63) is 47.1 Å². The maximum Gasteiger partial charge on any atom is 0.432 e. The van der Waals surface area contributed by atoms with E-state index >= 15 is 0 Å². The van der Waals surface area contributed by atoms with Crippen molar-refractivity contribution in [3.63, 3.8) is 0 Å². The summed E-state index contributed by atoms with van der Waals surface area (Å²) in [6, 6.07) is 5.38. The Kier molecular flexibility index (Phi) is 4.56.